The molecule has 2 aromatic heterocycles. The fourth-order valence-electron chi connectivity index (χ4n) is 3.39. The Bertz CT molecular complexity index is 965. The number of carbonyl (C=O) groups is 1. The highest BCUT2D eigenvalue weighted by Crippen LogP contribution is 2.31. The highest BCUT2D eigenvalue weighted by atomic mass is 35.5. The van der Waals surface area contributed by atoms with Crippen LogP contribution >= 0.6 is 22.9 Å². The molecule has 0 atom stereocenters. The van der Waals surface area contributed by atoms with E-state index in [1.165, 1.54) is 11.3 Å². The van der Waals surface area contributed by atoms with Crippen LogP contribution in [0.3, 0.4) is 0 Å². The maximum Gasteiger partial charge on any atom is 0.253 e. The number of amides is 1. The van der Waals surface area contributed by atoms with E-state index in [2.05, 4.69) is 9.88 Å². The van der Waals surface area contributed by atoms with Crippen molar-refractivity contribution in [3.63, 3.8) is 0 Å². The van der Waals surface area contributed by atoms with Crippen LogP contribution in [0, 0.1) is 0 Å². The average molecular weight is 413 g/mol. The van der Waals surface area contributed by atoms with Crippen LogP contribution in [0.1, 0.15) is 15.9 Å². The summed E-state index contributed by atoms with van der Waals surface area (Å²) in [6, 6.07) is 15.5. The topological polar surface area (TPSA) is 62.5 Å². The van der Waals surface area contributed by atoms with Gasteiger partial charge < -0.3 is 10.6 Å². The number of halogens is 1. The molecule has 1 aliphatic heterocycles. The van der Waals surface area contributed by atoms with Crippen LogP contribution in [0.4, 0.5) is 5.82 Å². The highest BCUT2D eigenvalue weighted by molar-refractivity contribution is 7.19. The van der Waals surface area contributed by atoms with E-state index in [0.717, 1.165) is 58.6 Å². The minimum atomic E-state index is 0.0866. The van der Waals surface area contributed by atoms with Gasteiger partial charge in [-0.05, 0) is 47.5 Å². The quantitative estimate of drug-likeness (QED) is 0.703. The molecule has 0 unspecified atom stereocenters. The number of nitrogen functional groups attached to an aromatic ring is 1. The van der Waals surface area contributed by atoms with Crippen LogP contribution in [0.25, 0.3) is 10.4 Å². The Morgan fingerprint density at radius 1 is 1.07 bits per heavy atom. The Kier molecular flexibility index (Phi) is 5.62. The average Bonchev–Trinajstić information content (AvgIpc) is 3.15. The molecule has 0 aliphatic carbocycles. The minimum absolute atomic E-state index is 0.0866. The zero-order valence-electron chi connectivity index (χ0n) is 15.3. The molecule has 7 heteroatoms. The number of rotatable bonds is 4. The van der Waals surface area contributed by atoms with Crippen LogP contribution in [-0.2, 0) is 6.54 Å². The van der Waals surface area contributed by atoms with E-state index >= 15 is 0 Å². The molecular formula is C21H21ClN4OS. The van der Waals surface area contributed by atoms with Crippen LogP contribution in [0.5, 0.6) is 0 Å². The SMILES string of the molecule is Nc1cc(CN2CCN(C(=O)c3ccc(-c4ccc(Cl)s4)cc3)CC2)ccn1. The lowest BCUT2D eigenvalue weighted by atomic mass is 10.1. The predicted octanol–water partition coefficient (Wildman–Crippen LogP) is 4.00. The molecule has 3 aromatic rings. The van der Waals surface area contributed by atoms with Gasteiger partial charge in [-0.25, -0.2) is 4.98 Å². The number of hydrogen-bond donors (Lipinski definition) is 1. The number of carbonyl (C=O) groups excluding carboxylic acids is 1. The van der Waals surface area contributed by atoms with E-state index in [-0.39, 0.29) is 5.91 Å². The van der Waals surface area contributed by atoms with Gasteiger partial charge in [-0.3, -0.25) is 9.69 Å². The van der Waals surface area contributed by atoms with E-state index in [1.54, 1.807) is 6.20 Å². The van der Waals surface area contributed by atoms with E-state index in [4.69, 9.17) is 17.3 Å². The Morgan fingerprint density at radius 3 is 2.46 bits per heavy atom. The van der Waals surface area contributed by atoms with E-state index in [9.17, 15) is 4.79 Å². The molecule has 3 heterocycles. The normalized spacial score (nSPS) is 15.0. The van der Waals surface area contributed by atoms with Gasteiger partial charge in [-0.15, -0.1) is 11.3 Å². The molecule has 144 valence electrons. The van der Waals surface area contributed by atoms with Crippen molar-refractivity contribution in [2.24, 2.45) is 0 Å². The van der Waals surface area contributed by atoms with Gasteiger partial charge in [0, 0.05) is 49.4 Å². The number of aromatic nitrogens is 1. The van der Waals surface area contributed by atoms with E-state index in [1.807, 2.05) is 53.4 Å². The zero-order chi connectivity index (χ0) is 19.5. The summed E-state index contributed by atoms with van der Waals surface area (Å²) in [6.07, 6.45) is 1.73. The first-order valence-corrected chi connectivity index (χ1v) is 10.4. The molecule has 5 nitrogen and oxygen atoms in total. The number of benzene rings is 1. The second-order valence-electron chi connectivity index (χ2n) is 6.84. The summed E-state index contributed by atoms with van der Waals surface area (Å²) in [6.45, 7) is 3.97. The van der Waals surface area contributed by atoms with Gasteiger partial charge in [0.05, 0.1) is 4.34 Å². The summed E-state index contributed by atoms with van der Waals surface area (Å²) < 4.78 is 0.766. The summed E-state index contributed by atoms with van der Waals surface area (Å²) >= 11 is 7.55. The third-order valence-corrected chi connectivity index (χ3v) is 6.18. The minimum Gasteiger partial charge on any atom is -0.384 e. The molecule has 1 aromatic carbocycles. The van der Waals surface area contributed by atoms with Crippen molar-refractivity contribution in [2.75, 3.05) is 31.9 Å². The molecule has 0 spiro atoms. The van der Waals surface area contributed by atoms with Gasteiger partial charge in [0.2, 0.25) is 0 Å². The van der Waals surface area contributed by atoms with Gasteiger partial charge in [0.15, 0.2) is 0 Å². The largest absolute Gasteiger partial charge is 0.384 e. The number of pyridine rings is 1. The number of nitrogens with zero attached hydrogens (tertiary/aromatic N) is 3. The van der Waals surface area contributed by atoms with Gasteiger partial charge >= 0.3 is 0 Å². The molecule has 1 amide bonds. The van der Waals surface area contributed by atoms with E-state index < -0.39 is 0 Å². The number of thiophene rings is 1. The first-order valence-electron chi connectivity index (χ1n) is 9.16. The number of nitrogens with two attached hydrogens (primary N) is 1. The molecule has 28 heavy (non-hydrogen) atoms. The maximum atomic E-state index is 12.8. The number of piperazine rings is 1. The predicted molar refractivity (Wildman–Crippen MR) is 115 cm³/mol. The molecule has 0 radical (unpaired) electrons. The maximum absolute atomic E-state index is 12.8. The second kappa shape index (κ2) is 8.31. The Morgan fingerprint density at radius 2 is 1.82 bits per heavy atom. The molecular weight excluding hydrogens is 392 g/mol. The highest BCUT2D eigenvalue weighted by Gasteiger charge is 2.22. The first-order chi connectivity index (χ1) is 13.6. The number of anilines is 1. The van der Waals surface area contributed by atoms with Crippen molar-refractivity contribution < 1.29 is 4.79 Å². The monoisotopic (exact) mass is 412 g/mol. The summed E-state index contributed by atoms with van der Waals surface area (Å²) in [4.78, 5) is 22.2. The summed E-state index contributed by atoms with van der Waals surface area (Å²) in [5.74, 6) is 0.628. The fourth-order valence-corrected chi connectivity index (χ4v) is 4.44. The van der Waals surface area contributed by atoms with Crippen LogP contribution < -0.4 is 5.73 Å². The Hall–Kier alpha value is -2.41. The zero-order valence-corrected chi connectivity index (χ0v) is 16.9. The van der Waals surface area contributed by atoms with Crippen molar-refractivity contribution in [2.45, 2.75) is 6.54 Å². The van der Waals surface area contributed by atoms with Crippen molar-refractivity contribution in [1.82, 2.24) is 14.8 Å². The molecule has 1 aliphatic rings. The lowest BCUT2D eigenvalue weighted by molar-refractivity contribution is 0.0628. The molecule has 1 fully saturated rings. The first kappa shape index (κ1) is 18.9. The fraction of sp³-hybridized carbons (Fsp3) is 0.238. The summed E-state index contributed by atoms with van der Waals surface area (Å²) in [5, 5.41) is 0. The van der Waals surface area contributed by atoms with Gasteiger partial charge in [-0.2, -0.15) is 0 Å². The van der Waals surface area contributed by atoms with Crippen molar-refractivity contribution in [3.8, 4) is 10.4 Å². The Labute approximate surface area is 173 Å². The third kappa shape index (κ3) is 4.35. The summed E-state index contributed by atoms with van der Waals surface area (Å²) in [5.41, 5.74) is 8.70. The summed E-state index contributed by atoms with van der Waals surface area (Å²) in [7, 11) is 0. The van der Waals surface area contributed by atoms with Crippen molar-refractivity contribution in [1.29, 1.82) is 0 Å². The number of hydrogen-bond acceptors (Lipinski definition) is 5. The van der Waals surface area contributed by atoms with Crippen LogP contribution in [0.15, 0.2) is 54.7 Å². The molecule has 0 saturated carbocycles. The van der Waals surface area contributed by atoms with Crippen LogP contribution in [-0.4, -0.2) is 46.9 Å². The van der Waals surface area contributed by atoms with Crippen molar-refractivity contribution >= 4 is 34.7 Å². The van der Waals surface area contributed by atoms with Crippen molar-refractivity contribution in [3.05, 3.63) is 70.2 Å². The van der Waals surface area contributed by atoms with Gasteiger partial charge in [0.1, 0.15) is 5.82 Å². The molecule has 2 N–H and O–H groups in total. The second-order valence-corrected chi connectivity index (χ2v) is 8.55. The Balaban J connectivity index is 1.34. The van der Waals surface area contributed by atoms with Crippen LogP contribution in [0.2, 0.25) is 4.34 Å². The molecule has 1 saturated heterocycles. The third-order valence-electron chi connectivity index (χ3n) is 4.90. The standard InChI is InChI=1S/C21H21ClN4OS/c22-19-6-5-18(28-19)16-1-3-17(4-2-16)21(27)26-11-9-25(10-12-26)14-15-7-8-24-20(23)13-15/h1-8,13H,9-12,14H2,(H2,23,24). The lowest BCUT2D eigenvalue weighted by Gasteiger charge is -2.34. The lowest BCUT2D eigenvalue weighted by Crippen LogP contribution is -2.48. The van der Waals surface area contributed by atoms with Gasteiger partial charge in [-0.1, -0.05) is 23.7 Å². The van der Waals surface area contributed by atoms with E-state index in [0.29, 0.717) is 5.82 Å². The van der Waals surface area contributed by atoms with Gasteiger partial charge in [0.25, 0.3) is 5.91 Å². The molecule has 0 bridgehead atoms. The smallest absolute Gasteiger partial charge is 0.253 e. The molecule has 4 rings (SSSR count).